The summed E-state index contributed by atoms with van der Waals surface area (Å²) in [5.41, 5.74) is 6.50. The highest BCUT2D eigenvalue weighted by Crippen LogP contribution is 2.41. The van der Waals surface area contributed by atoms with Gasteiger partial charge in [0.2, 0.25) is 0 Å². The number of rotatable bonds is 2. The van der Waals surface area contributed by atoms with Gasteiger partial charge in [-0.05, 0) is 55.9 Å². The average Bonchev–Trinajstić information content (AvgIpc) is 3.38. The van der Waals surface area contributed by atoms with Crippen LogP contribution in [0.4, 0.5) is 0 Å². The molecule has 0 saturated heterocycles. The Morgan fingerprint density at radius 1 is 0.537 bits per heavy atom. The summed E-state index contributed by atoms with van der Waals surface area (Å²) < 4.78 is 2.45. The third-order valence-electron chi connectivity index (χ3n) is 9.15. The van der Waals surface area contributed by atoms with E-state index in [1.165, 1.54) is 70.6 Å². The number of hydrogen-bond acceptors (Lipinski definition) is 0. The first-order valence-electron chi connectivity index (χ1n) is 14.5. The molecule has 41 heavy (non-hydrogen) atoms. The van der Waals surface area contributed by atoms with Crippen molar-refractivity contribution in [1.82, 2.24) is 4.57 Å². The van der Waals surface area contributed by atoms with Gasteiger partial charge in [0.1, 0.15) is 0 Å². The van der Waals surface area contributed by atoms with E-state index in [0.29, 0.717) is 11.8 Å². The van der Waals surface area contributed by atoms with E-state index < -0.39 is 0 Å². The van der Waals surface area contributed by atoms with E-state index in [1.54, 1.807) is 0 Å². The van der Waals surface area contributed by atoms with Gasteiger partial charge in [0.05, 0.1) is 16.7 Å². The maximum absolute atomic E-state index is 2.47. The molecule has 2 atom stereocenters. The fourth-order valence-electron chi connectivity index (χ4n) is 7.33. The number of benzene rings is 6. The minimum Gasteiger partial charge on any atom is -0.309 e. The van der Waals surface area contributed by atoms with E-state index in [4.69, 9.17) is 0 Å². The summed E-state index contributed by atoms with van der Waals surface area (Å²) in [4.78, 5) is 0. The Morgan fingerprint density at radius 3 is 2.34 bits per heavy atom. The molecule has 0 spiro atoms. The van der Waals surface area contributed by atoms with Crippen LogP contribution in [0.3, 0.4) is 0 Å². The van der Waals surface area contributed by atoms with E-state index in [9.17, 15) is 0 Å². The molecule has 2 unspecified atom stereocenters. The fourth-order valence-corrected chi connectivity index (χ4v) is 7.33. The molecule has 0 aliphatic heterocycles. The Hall–Kier alpha value is -5.14. The van der Waals surface area contributed by atoms with E-state index in [1.807, 2.05) is 0 Å². The Kier molecular flexibility index (Phi) is 4.80. The van der Waals surface area contributed by atoms with Crippen LogP contribution in [0.2, 0.25) is 0 Å². The van der Waals surface area contributed by atoms with Gasteiger partial charge in [-0.25, -0.2) is 0 Å². The quantitative estimate of drug-likeness (QED) is 0.215. The Labute approximate surface area is 238 Å². The molecule has 0 radical (unpaired) electrons. The summed E-state index contributed by atoms with van der Waals surface area (Å²) in [6, 6.07) is 44.8. The number of allylic oxidation sites excluding steroid dienone is 4. The first-order valence-corrected chi connectivity index (χ1v) is 14.5. The first kappa shape index (κ1) is 22.7. The molecule has 0 saturated carbocycles. The van der Waals surface area contributed by atoms with Gasteiger partial charge in [0.15, 0.2) is 0 Å². The average molecular weight is 522 g/mol. The molecule has 9 rings (SSSR count). The van der Waals surface area contributed by atoms with Gasteiger partial charge >= 0.3 is 0 Å². The summed E-state index contributed by atoms with van der Waals surface area (Å²) in [5, 5.41) is 10.4. The van der Waals surface area contributed by atoms with Crippen molar-refractivity contribution in [2.75, 3.05) is 0 Å². The molecule has 1 heteroatoms. The lowest BCUT2D eigenvalue weighted by Crippen LogP contribution is -2.35. The van der Waals surface area contributed by atoms with Gasteiger partial charge in [0.25, 0.3) is 0 Å². The van der Waals surface area contributed by atoms with Crippen molar-refractivity contribution < 1.29 is 0 Å². The zero-order valence-corrected chi connectivity index (χ0v) is 22.5. The van der Waals surface area contributed by atoms with Crippen molar-refractivity contribution in [3.05, 3.63) is 162 Å². The highest BCUT2D eigenvalue weighted by atomic mass is 15.0. The summed E-state index contributed by atoms with van der Waals surface area (Å²) in [6.07, 6.45) is 11.5. The highest BCUT2D eigenvalue weighted by Gasteiger charge is 2.26. The maximum atomic E-state index is 2.47. The Balaban J connectivity index is 1.29. The molecule has 2 aliphatic carbocycles. The second-order valence-electron chi connectivity index (χ2n) is 11.3. The molecule has 0 N–H and O–H groups in total. The van der Waals surface area contributed by atoms with Crippen LogP contribution in [0.5, 0.6) is 0 Å². The smallest absolute Gasteiger partial charge is 0.0547 e. The number of hydrogen-bond donors (Lipinski definition) is 0. The third kappa shape index (κ3) is 3.30. The second kappa shape index (κ2) is 8.68. The topological polar surface area (TPSA) is 4.93 Å². The normalized spacial score (nSPS) is 17.7. The molecule has 192 valence electrons. The zero-order chi connectivity index (χ0) is 26.9. The zero-order valence-electron chi connectivity index (χ0n) is 22.5. The van der Waals surface area contributed by atoms with Gasteiger partial charge in [-0.15, -0.1) is 0 Å². The lowest BCUT2D eigenvalue weighted by atomic mass is 9.75. The minimum absolute atomic E-state index is 0.304. The number of aromatic nitrogens is 1. The van der Waals surface area contributed by atoms with Crippen molar-refractivity contribution in [2.24, 2.45) is 5.92 Å². The van der Waals surface area contributed by atoms with Gasteiger partial charge in [-0.2, -0.15) is 0 Å². The van der Waals surface area contributed by atoms with Crippen molar-refractivity contribution >= 4 is 55.0 Å². The lowest BCUT2D eigenvalue weighted by Gasteiger charge is -2.29. The van der Waals surface area contributed by atoms with Crippen molar-refractivity contribution in [3.63, 3.8) is 0 Å². The largest absolute Gasteiger partial charge is 0.309 e. The van der Waals surface area contributed by atoms with Crippen LogP contribution < -0.4 is 10.4 Å². The molecule has 2 aliphatic rings. The minimum atomic E-state index is 0.304. The molecular weight excluding hydrogens is 494 g/mol. The summed E-state index contributed by atoms with van der Waals surface area (Å²) in [5.74, 6) is 0.655. The molecular formula is C40H27N. The predicted octanol–water partition coefficient (Wildman–Crippen LogP) is 8.56. The van der Waals surface area contributed by atoms with Crippen LogP contribution in [0.25, 0.3) is 60.7 Å². The van der Waals surface area contributed by atoms with Crippen molar-refractivity contribution in [3.8, 4) is 5.69 Å². The van der Waals surface area contributed by atoms with Crippen LogP contribution in [-0.2, 0) is 0 Å². The van der Waals surface area contributed by atoms with Crippen LogP contribution in [0, 0.1) is 5.92 Å². The fraction of sp³-hybridized carbons (Fsp3) is 0.0500. The third-order valence-corrected chi connectivity index (χ3v) is 9.15. The number of fused-ring (bicyclic) bond motifs is 8. The van der Waals surface area contributed by atoms with Crippen molar-refractivity contribution in [2.45, 2.75) is 5.92 Å². The Morgan fingerprint density at radius 2 is 1.37 bits per heavy atom. The van der Waals surface area contributed by atoms with Gasteiger partial charge in [-0.3, -0.25) is 0 Å². The van der Waals surface area contributed by atoms with E-state index >= 15 is 0 Å². The molecule has 7 aromatic rings. The van der Waals surface area contributed by atoms with Gasteiger partial charge in [0, 0.05) is 28.0 Å². The second-order valence-corrected chi connectivity index (χ2v) is 11.3. The van der Waals surface area contributed by atoms with Crippen LogP contribution in [-0.4, -0.2) is 4.57 Å². The monoisotopic (exact) mass is 521 g/mol. The Bertz CT molecular complexity index is 2380. The first-order chi connectivity index (χ1) is 20.3. The molecule has 1 heterocycles. The summed E-state index contributed by atoms with van der Waals surface area (Å²) in [7, 11) is 0. The van der Waals surface area contributed by atoms with Gasteiger partial charge in [-0.1, -0.05) is 134 Å². The summed E-state index contributed by atoms with van der Waals surface area (Å²) >= 11 is 0. The van der Waals surface area contributed by atoms with Crippen molar-refractivity contribution in [1.29, 1.82) is 0 Å². The molecule has 0 amide bonds. The van der Waals surface area contributed by atoms with Crippen LogP contribution in [0.15, 0.2) is 146 Å². The molecule has 0 fully saturated rings. The number of para-hydroxylation sites is 1. The van der Waals surface area contributed by atoms with E-state index in [0.717, 1.165) is 0 Å². The van der Waals surface area contributed by atoms with E-state index in [2.05, 4.69) is 156 Å². The highest BCUT2D eigenvalue weighted by molar-refractivity contribution is 6.21. The van der Waals surface area contributed by atoms with E-state index in [-0.39, 0.29) is 0 Å². The summed E-state index contributed by atoms with van der Waals surface area (Å²) in [6.45, 7) is 0. The molecule has 0 bridgehead atoms. The number of nitrogens with zero attached hydrogens (tertiary/aromatic N) is 1. The van der Waals surface area contributed by atoms with Crippen LogP contribution >= 0.6 is 0 Å². The lowest BCUT2D eigenvalue weighted by molar-refractivity contribution is 0.743. The molecule has 1 aromatic heterocycles. The standard InChI is InChI=1S/C40H27N/c1-4-14-31-26(10-1)12-9-19-37(31)41-38-18-8-7-17-35(38)40-32-22-20-29(24-28(32)21-23-39(40)41)36-25-27-11-2-3-13-30(27)33-15-5-6-16-34(33)36/h1-25,34,36H. The van der Waals surface area contributed by atoms with Crippen LogP contribution in [0.1, 0.15) is 11.5 Å². The predicted molar refractivity (Wildman–Crippen MR) is 174 cm³/mol. The molecule has 6 aromatic carbocycles. The maximum Gasteiger partial charge on any atom is 0.0547 e. The molecule has 1 nitrogen and oxygen atoms in total. The SMILES string of the molecule is C1=CC2=c3ccccc3=CC(c3ccc4c(ccc5c4c4ccccc4n5-c4cccc5ccccc45)c3)C2C=C1. The van der Waals surface area contributed by atoms with Gasteiger partial charge < -0.3 is 4.57 Å².